The number of carbonyl (C=O) groups excluding carboxylic acids is 2. The molecule has 0 fully saturated rings. The van der Waals surface area contributed by atoms with E-state index in [4.69, 9.17) is 23.6 Å². The number of nitrogens with one attached hydrogen (secondary N) is 2. The molecule has 2 N–H and O–H groups in total. The van der Waals surface area contributed by atoms with Gasteiger partial charge in [-0.2, -0.15) is 0 Å². The molecule has 0 aliphatic heterocycles. The lowest BCUT2D eigenvalue weighted by Crippen LogP contribution is -2.19. The third-order valence-electron chi connectivity index (χ3n) is 1.29. The van der Waals surface area contributed by atoms with E-state index >= 15 is 0 Å². The van der Waals surface area contributed by atoms with Gasteiger partial charge < -0.3 is 9.31 Å². The molecule has 0 unspecified atom stereocenters. The summed E-state index contributed by atoms with van der Waals surface area (Å²) in [5.74, 6) is -0.988. The average Bonchev–Trinajstić information content (AvgIpc) is 2.23. The van der Waals surface area contributed by atoms with Crippen LogP contribution in [0.3, 0.4) is 0 Å². The van der Waals surface area contributed by atoms with Gasteiger partial charge in [0.15, 0.2) is 0 Å². The third-order valence-corrected chi connectivity index (χ3v) is 1.67. The van der Waals surface area contributed by atoms with Gasteiger partial charge in [0.2, 0.25) is 0 Å². The van der Waals surface area contributed by atoms with E-state index < -0.39 is 11.9 Å². The van der Waals surface area contributed by atoms with Gasteiger partial charge in [0.25, 0.3) is 11.9 Å². The first-order chi connectivity index (χ1) is 7.20. The lowest BCUT2D eigenvalue weighted by atomic mass is 10.3. The number of carbonyl (C=O) groups is 2. The van der Waals surface area contributed by atoms with Gasteiger partial charge in [-0.3, -0.25) is 9.59 Å². The van der Waals surface area contributed by atoms with Crippen molar-refractivity contribution in [2.75, 3.05) is 13.1 Å². The summed E-state index contributed by atoms with van der Waals surface area (Å²) < 4.78 is 9.12. The minimum Gasteiger partial charge on any atom is -0.502 e. The Morgan fingerprint density at radius 2 is 1.40 bits per heavy atom. The second kappa shape index (κ2) is 10.0. The highest BCUT2D eigenvalue weighted by molar-refractivity contribution is 6.25. The zero-order valence-electron chi connectivity index (χ0n) is 7.92. The van der Waals surface area contributed by atoms with Gasteiger partial charge >= 0.3 is 7.69 Å². The van der Waals surface area contributed by atoms with Gasteiger partial charge in [-0.25, -0.2) is 9.67 Å². The fourth-order valence-electron chi connectivity index (χ4n) is 0.604. The highest BCUT2D eigenvalue weighted by atomic mass is 35.5. The molecule has 0 radical (unpaired) electrons. The SMILES string of the molecule is O=C(CCNCl)OBOC(=O)CCNCl. The quantitative estimate of drug-likeness (QED) is 0.455. The van der Waals surface area contributed by atoms with Crippen LogP contribution in [0.15, 0.2) is 0 Å². The number of halogens is 2. The Kier molecular flexibility index (Phi) is 9.71. The maximum Gasteiger partial charge on any atom is 0.580 e. The Bertz CT molecular complexity index is 188. The second-order valence-corrected chi connectivity index (χ2v) is 2.95. The van der Waals surface area contributed by atoms with Crippen LogP contribution in [0.4, 0.5) is 0 Å². The van der Waals surface area contributed by atoms with Crippen molar-refractivity contribution in [2.45, 2.75) is 12.8 Å². The van der Waals surface area contributed by atoms with E-state index in [1.165, 1.54) is 0 Å². The number of rotatable bonds is 8. The highest BCUT2D eigenvalue weighted by Crippen LogP contribution is 1.88. The van der Waals surface area contributed by atoms with Crippen molar-refractivity contribution in [3.63, 3.8) is 0 Å². The zero-order valence-corrected chi connectivity index (χ0v) is 9.44. The summed E-state index contributed by atoms with van der Waals surface area (Å²) >= 11 is 10.2. The molecule has 0 aromatic heterocycles. The topological polar surface area (TPSA) is 76.7 Å². The van der Waals surface area contributed by atoms with Crippen LogP contribution in [-0.2, 0) is 18.9 Å². The molecule has 0 heterocycles. The van der Waals surface area contributed by atoms with Crippen LogP contribution in [0.2, 0.25) is 0 Å². The predicted molar refractivity (Wildman–Crippen MR) is 56.3 cm³/mol. The average molecular weight is 257 g/mol. The highest BCUT2D eigenvalue weighted by Gasteiger charge is 2.08. The molecule has 86 valence electrons. The molecule has 0 aliphatic rings. The zero-order chi connectivity index (χ0) is 11.5. The maximum atomic E-state index is 10.9. The number of hydrogen-bond donors (Lipinski definition) is 2. The Morgan fingerprint density at radius 3 is 1.73 bits per heavy atom. The molecule has 6 nitrogen and oxygen atoms in total. The van der Waals surface area contributed by atoms with Crippen LogP contribution >= 0.6 is 23.6 Å². The molecular formula is C6H11BCl2N2O4. The molecule has 0 bridgehead atoms. The summed E-state index contributed by atoms with van der Waals surface area (Å²) in [6, 6.07) is 0. The largest absolute Gasteiger partial charge is 0.580 e. The van der Waals surface area contributed by atoms with Gasteiger partial charge in [-0.15, -0.1) is 0 Å². The molecule has 0 saturated carbocycles. The second-order valence-electron chi connectivity index (χ2n) is 2.42. The molecule has 9 heteroatoms. The summed E-state index contributed by atoms with van der Waals surface area (Å²) in [5.41, 5.74) is 0. The smallest absolute Gasteiger partial charge is 0.502 e. The lowest BCUT2D eigenvalue weighted by Gasteiger charge is -2.04. The predicted octanol–water partition coefficient (Wildman–Crippen LogP) is -0.394. The molecule has 0 atom stereocenters. The molecule has 0 spiro atoms. The molecular weight excluding hydrogens is 246 g/mol. The monoisotopic (exact) mass is 256 g/mol. The van der Waals surface area contributed by atoms with Gasteiger partial charge in [-0.1, -0.05) is 0 Å². The summed E-state index contributed by atoms with van der Waals surface area (Å²) in [4.78, 5) is 26.2. The summed E-state index contributed by atoms with van der Waals surface area (Å²) in [6.45, 7) is 0.592. The Balaban J connectivity index is 3.36. The third kappa shape index (κ3) is 9.80. The van der Waals surface area contributed by atoms with Crippen molar-refractivity contribution in [1.29, 1.82) is 0 Å². The van der Waals surface area contributed by atoms with Crippen molar-refractivity contribution in [3.05, 3.63) is 0 Å². The van der Waals surface area contributed by atoms with E-state index in [0.29, 0.717) is 13.1 Å². The number of hydrogen-bond acceptors (Lipinski definition) is 6. The standard InChI is InChI=1S/C6H11BCl2N2O4/c8-10-3-1-5(12)14-7-15-6(13)2-4-11-9/h7,10-11H,1-4H2. The molecule has 0 amide bonds. The van der Waals surface area contributed by atoms with E-state index in [9.17, 15) is 9.59 Å². The fourth-order valence-corrected chi connectivity index (χ4v) is 0.793. The first kappa shape index (κ1) is 14.5. The first-order valence-corrected chi connectivity index (χ1v) is 4.94. The van der Waals surface area contributed by atoms with Gasteiger partial charge in [0.05, 0.1) is 12.8 Å². The van der Waals surface area contributed by atoms with Crippen LogP contribution in [0.25, 0.3) is 0 Å². The van der Waals surface area contributed by atoms with Crippen LogP contribution in [0, 0.1) is 0 Å². The van der Waals surface area contributed by atoms with Crippen LogP contribution in [0.1, 0.15) is 12.8 Å². The Hall–Kier alpha value is -0.495. The van der Waals surface area contributed by atoms with E-state index in [-0.39, 0.29) is 20.5 Å². The van der Waals surface area contributed by atoms with E-state index in [2.05, 4.69) is 19.0 Å². The van der Waals surface area contributed by atoms with Crippen LogP contribution in [-0.4, -0.2) is 32.7 Å². The van der Waals surface area contributed by atoms with Gasteiger partial charge in [0, 0.05) is 13.1 Å². The van der Waals surface area contributed by atoms with Crippen LogP contribution < -0.4 is 9.67 Å². The molecule has 0 rings (SSSR count). The van der Waals surface area contributed by atoms with Crippen molar-refractivity contribution in [1.82, 2.24) is 9.67 Å². The molecule has 0 saturated heterocycles. The molecule has 15 heavy (non-hydrogen) atoms. The Labute approximate surface area is 98.1 Å². The minimum atomic E-state index is -0.494. The van der Waals surface area contributed by atoms with Crippen molar-refractivity contribution >= 4 is 43.2 Å². The van der Waals surface area contributed by atoms with Crippen LogP contribution in [0.5, 0.6) is 0 Å². The first-order valence-electron chi connectivity index (χ1n) is 4.19. The Morgan fingerprint density at radius 1 is 1.00 bits per heavy atom. The van der Waals surface area contributed by atoms with E-state index in [1.54, 1.807) is 0 Å². The normalized spacial score (nSPS) is 9.47. The summed E-state index contributed by atoms with van der Waals surface area (Å²) in [6.07, 6.45) is 0.231. The maximum absolute atomic E-state index is 10.9. The van der Waals surface area contributed by atoms with Crippen molar-refractivity contribution in [2.24, 2.45) is 0 Å². The molecule has 0 aliphatic carbocycles. The van der Waals surface area contributed by atoms with Crippen molar-refractivity contribution in [3.8, 4) is 0 Å². The fraction of sp³-hybridized carbons (Fsp3) is 0.667. The van der Waals surface area contributed by atoms with E-state index in [0.717, 1.165) is 0 Å². The van der Waals surface area contributed by atoms with Crippen molar-refractivity contribution < 1.29 is 18.9 Å². The van der Waals surface area contributed by atoms with E-state index in [1.807, 2.05) is 0 Å². The molecule has 0 aromatic carbocycles. The lowest BCUT2D eigenvalue weighted by molar-refractivity contribution is -0.139. The summed E-state index contributed by atoms with van der Waals surface area (Å²) in [5, 5.41) is 0. The minimum absolute atomic E-state index is 0.115. The van der Waals surface area contributed by atoms with Gasteiger partial charge in [-0.05, 0) is 23.6 Å². The van der Waals surface area contributed by atoms with Gasteiger partial charge in [0.1, 0.15) is 0 Å². The molecule has 0 aromatic rings. The summed E-state index contributed by atoms with van der Waals surface area (Å²) in [7, 11) is -0.387.